The minimum atomic E-state index is -0.478. The van der Waals surface area contributed by atoms with Gasteiger partial charge >= 0.3 is 0 Å². The number of carbonyl (C=O) groups is 2. The summed E-state index contributed by atoms with van der Waals surface area (Å²) >= 11 is 0. The van der Waals surface area contributed by atoms with Crippen molar-refractivity contribution in [3.63, 3.8) is 0 Å². The maximum Gasteiger partial charge on any atom is 0.233 e. The first-order valence-electron chi connectivity index (χ1n) is 12.1. The fourth-order valence-electron chi connectivity index (χ4n) is 5.45. The minimum Gasteiger partial charge on any atom is -0.285 e. The van der Waals surface area contributed by atoms with Gasteiger partial charge in [-0.05, 0) is 62.9 Å². The summed E-state index contributed by atoms with van der Waals surface area (Å²) in [5.74, 6) is -0.951. The van der Waals surface area contributed by atoms with Crippen molar-refractivity contribution in [2.75, 3.05) is 0 Å². The summed E-state index contributed by atoms with van der Waals surface area (Å²) in [4.78, 5) is 26.8. The summed E-state index contributed by atoms with van der Waals surface area (Å²) in [5.41, 5.74) is 8.02. The Morgan fingerprint density at radius 2 is 1.31 bits per heavy atom. The van der Waals surface area contributed by atoms with E-state index in [-0.39, 0.29) is 10.8 Å². The molecule has 0 spiro atoms. The Morgan fingerprint density at radius 1 is 0.714 bits per heavy atom. The summed E-state index contributed by atoms with van der Waals surface area (Å²) < 4.78 is 0. The van der Waals surface area contributed by atoms with Crippen molar-refractivity contribution in [3.05, 3.63) is 125 Å². The highest BCUT2D eigenvalue weighted by atomic mass is 16.2. The molecule has 2 heteroatoms. The smallest absolute Gasteiger partial charge is 0.233 e. The zero-order valence-corrected chi connectivity index (χ0v) is 20.8. The van der Waals surface area contributed by atoms with Crippen molar-refractivity contribution in [2.24, 2.45) is 0 Å². The summed E-state index contributed by atoms with van der Waals surface area (Å²) in [7, 11) is 0. The van der Waals surface area contributed by atoms with Crippen LogP contribution in [-0.2, 0) is 10.8 Å². The van der Waals surface area contributed by atoms with Gasteiger partial charge in [-0.3, -0.25) is 9.59 Å². The molecule has 0 saturated heterocycles. The van der Waals surface area contributed by atoms with E-state index in [0.29, 0.717) is 11.1 Å². The Balaban J connectivity index is 1.53. The van der Waals surface area contributed by atoms with E-state index in [1.54, 1.807) is 12.1 Å². The number of fused-ring (bicyclic) bond motifs is 4. The van der Waals surface area contributed by atoms with E-state index in [1.165, 1.54) is 11.1 Å². The molecule has 2 nitrogen and oxygen atoms in total. The van der Waals surface area contributed by atoms with Gasteiger partial charge in [0.05, 0.1) is 0 Å². The summed E-state index contributed by atoms with van der Waals surface area (Å²) in [6, 6.07) is 19.6. The number of hydrogen-bond acceptors (Lipinski definition) is 2. The molecule has 2 aliphatic rings. The SMILES string of the molecule is C=C1/C=C\C=C/CC(C)(C)c2cc(C(=O)C(=O)c3ccc4c(c3)C(C)(C)c3ccccc3-4)ccc21. The lowest BCUT2D eigenvalue weighted by Crippen LogP contribution is -2.21. The third-order valence-electron chi connectivity index (χ3n) is 7.58. The van der Waals surface area contributed by atoms with E-state index >= 15 is 0 Å². The number of hydrogen-bond donors (Lipinski definition) is 0. The molecule has 0 N–H and O–H groups in total. The molecule has 0 atom stereocenters. The molecular weight excluding hydrogens is 428 g/mol. The molecule has 5 rings (SSSR count). The number of benzene rings is 3. The van der Waals surface area contributed by atoms with Crippen molar-refractivity contribution in [3.8, 4) is 11.1 Å². The lowest BCUT2D eigenvalue weighted by Gasteiger charge is -2.27. The van der Waals surface area contributed by atoms with Crippen LogP contribution in [0.3, 0.4) is 0 Å². The first kappa shape index (κ1) is 23.0. The molecule has 0 unspecified atom stereocenters. The van der Waals surface area contributed by atoms with E-state index < -0.39 is 11.6 Å². The monoisotopic (exact) mass is 458 g/mol. The highest BCUT2D eigenvalue weighted by Gasteiger charge is 2.36. The second-order valence-corrected chi connectivity index (χ2v) is 10.8. The minimum absolute atomic E-state index is 0.205. The maximum absolute atomic E-state index is 13.4. The Hall–Kier alpha value is -3.78. The first-order chi connectivity index (χ1) is 16.6. The molecule has 0 heterocycles. The van der Waals surface area contributed by atoms with E-state index in [2.05, 4.69) is 52.5 Å². The van der Waals surface area contributed by atoms with Crippen molar-refractivity contribution >= 4 is 17.1 Å². The van der Waals surface area contributed by atoms with E-state index in [9.17, 15) is 9.59 Å². The Morgan fingerprint density at radius 3 is 2.03 bits per heavy atom. The zero-order chi connectivity index (χ0) is 25.0. The Bertz CT molecular complexity index is 1460. The molecule has 174 valence electrons. The van der Waals surface area contributed by atoms with Crippen molar-refractivity contribution in [1.29, 1.82) is 0 Å². The van der Waals surface area contributed by atoms with Gasteiger partial charge < -0.3 is 0 Å². The molecular formula is C33H30O2. The van der Waals surface area contributed by atoms with Crippen LogP contribution in [0.25, 0.3) is 16.7 Å². The predicted molar refractivity (Wildman–Crippen MR) is 144 cm³/mol. The predicted octanol–water partition coefficient (Wildman–Crippen LogP) is 7.87. The average Bonchev–Trinajstić information content (AvgIpc) is 3.11. The molecule has 0 radical (unpaired) electrons. The third-order valence-corrected chi connectivity index (χ3v) is 7.58. The highest BCUT2D eigenvalue weighted by Crippen LogP contribution is 2.48. The van der Waals surface area contributed by atoms with Crippen LogP contribution < -0.4 is 0 Å². The fraction of sp³-hybridized carbons (Fsp3) is 0.212. The van der Waals surface area contributed by atoms with Gasteiger partial charge in [-0.1, -0.05) is 107 Å². The lowest BCUT2D eigenvalue weighted by molar-refractivity contribution is 0.0817. The van der Waals surface area contributed by atoms with Gasteiger partial charge in [-0.25, -0.2) is 0 Å². The van der Waals surface area contributed by atoms with Crippen molar-refractivity contribution in [2.45, 2.75) is 44.9 Å². The molecule has 3 aromatic carbocycles. The third kappa shape index (κ3) is 3.74. The standard InChI is InChI=1S/C33H30O2/c1-21-11-7-6-10-18-32(2,3)28-19-22(14-16-24(21)28)30(34)31(35)23-15-17-26-25-12-8-9-13-27(25)33(4,5)29(26)20-23/h6-17,19-20H,1,18H2,2-5H3/b10-6-,11-7-. The van der Waals surface area contributed by atoms with Gasteiger partial charge in [0.15, 0.2) is 0 Å². The highest BCUT2D eigenvalue weighted by molar-refractivity contribution is 6.49. The Kier molecular flexibility index (Phi) is 5.36. The largest absolute Gasteiger partial charge is 0.285 e. The van der Waals surface area contributed by atoms with Gasteiger partial charge in [0.1, 0.15) is 0 Å². The summed E-state index contributed by atoms with van der Waals surface area (Å²) in [6.45, 7) is 12.9. The molecule has 0 bridgehead atoms. The van der Waals surface area contributed by atoms with Crippen LogP contribution in [0.2, 0.25) is 0 Å². The van der Waals surface area contributed by atoms with E-state index in [1.807, 2.05) is 54.6 Å². The Labute approximate surface area is 207 Å². The van der Waals surface area contributed by atoms with Gasteiger partial charge in [-0.2, -0.15) is 0 Å². The molecule has 35 heavy (non-hydrogen) atoms. The average molecular weight is 459 g/mol. The quantitative estimate of drug-likeness (QED) is 0.296. The molecule has 2 aliphatic carbocycles. The van der Waals surface area contributed by atoms with Crippen LogP contribution in [0, 0.1) is 0 Å². The second kappa shape index (κ2) is 8.16. The second-order valence-electron chi connectivity index (χ2n) is 10.8. The van der Waals surface area contributed by atoms with Crippen LogP contribution >= 0.6 is 0 Å². The topological polar surface area (TPSA) is 34.1 Å². The van der Waals surface area contributed by atoms with Crippen molar-refractivity contribution in [1.82, 2.24) is 0 Å². The van der Waals surface area contributed by atoms with Gasteiger partial charge in [0.25, 0.3) is 0 Å². The molecule has 0 saturated carbocycles. The molecule has 0 amide bonds. The molecule has 3 aromatic rings. The van der Waals surface area contributed by atoms with Gasteiger partial charge in [0, 0.05) is 16.5 Å². The van der Waals surface area contributed by atoms with E-state index in [4.69, 9.17) is 0 Å². The molecule has 0 aliphatic heterocycles. The van der Waals surface area contributed by atoms with Crippen LogP contribution in [-0.4, -0.2) is 11.6 Å². The number of allylic oxidation sites excluding steroid dienone is 5. The lowest BCUT2D eigenvalue weighted by atomic mass is 9.77. The number of carbonyl (C=O) groups excluding carboxylic acids is 2. The van der Waals surface area contributed by atoms with Crippen molar-refractivity contribution < 1.29 is 9.59 Å². The van der Waals surface area contributed by atoms with Crippen LogP contribution in [0.4, 0.5) is 0 Å². The zero-order valence-electron chi connectivity index (χ0n) is 20.8. The molecule has 0 aromatic heterocycles. The van der Waals surface area contributed by atoms with Crippen LogP contribution in [0.15, 0.2) is 91.5 Å². The maximum atomic E-state index is 13.4. The van der Waals surface area contributed by atoms with E-state index in [0.717, 1.165) is 34.2 Å². The first-order valence-corrected chi connectivity index (χ1v) is 12.1. The van der Waals surface area contributed by atoms with Gasteiger partial charge in [-0.15, -0.1) is 0 Å². The summed E-state index contributed by atoms with van der Waals surface area (Å²) in [6.07, 6.45) is 8.95. The van der Waals surface area contributed by atoms with Crippen LogP contribution in [0.1, 0.15) is 77.1 Å². The number of Topliss-reactive ketones (excluding diaryl/α,β-unsaturated/α-hetero) is 2. The summed E-state index contributed by atoms with van der Waals surface area (Å²) in [5, 5.41) is 0. The van der Waals surface area contributed by atoms with Crippen LogP contribution in [0.5, 0.6) is 0 Å². The normalized spacial score (nSPS) is 18.8. The van der Waals surface area contributed by atoms with Gasteiger partial charge in [0.2, 0.25) is 11.6 Å². The number of ketones is 2. The fourth-order valence-corrected chi connectivity index (χ4v) is 5.45. The number of rotatable bonds is 3. The molecule has 0 fully saturated rings.